The highest BCUT2D eigenvalue weighted by atomic mass is 32.2. The molecule has 1 atom stereocenters. The molecule has 24 heteroatoms. The molecule has 0 aliphatic carbocycles. The maximum Gasteiger partial charge on any atom is 0.460 e. The maximum atomic E-state index is 14.0. The van der Waals surface area contributed by atoms with E-state index < -0.39 is 88.0 Å². The summed E-state index contributed by atoms with van der Waals surface area (Å²) in [6.07, 6.45) is -19.3. The lowest BCUT2D eigenvalue weighted by molar-refractivity contribution is -0.396. The van der Waals surface area contributed by atoms with E-state index in [0.29, 0.717) is 5.32 Å². The van der Waals surface area contributed by atoms with Crippen LogP contribution in [0.4, 0.5) is 79.0 Å². The second-order valence-corrected chi connectivity index (χ2v) is 9.11. The molecule has 228 valence electrons. The van der Waals surface area contributed by atoms with Crippen molar-refractivity contribution < 1.29 is 97.0 Å². The third-order valence-corrected chi connectivity index (χ3v) is 6.33. The van der Waals surface area contributed by atoms with Gasteiger partial charge in [0.25, 0.3) is 0 Å². The van der Waals surface area contributed by atoms with Gasteiger partial charge < -0.3 is 4.74 Å². The summed E-state index contributed by atoms with van der Waals surface area (Å²) in [5, 5.41) is -12.2. The summed E-state index contributed by atoms with van der Waals surface area (Å²) in [6, 6.07) is 0. The van der Waals surface area contributed by atoms with Gasteiger partial charge in [0, 0.05) is 6.42 Å². The molecule has 1 unspecified atom stereocenters. The summed E-state index contributed by atoms with van der Waals surface area (Å²) in [5.41, 5.74) is 0. The van der Waals surface area contributed by atoms with Crippen LogP contribution in [0.2, 0.25) is 0 Å². The molecule has 0 spiro atoms. The first-order valence-corrected chi connectivity index (χ1v) is 10.4. The monoisotopic (exact) mass is 631 g/mol. The van der Waals surface area contributed by atoms with Crippen molar-refractivity contribution in [2.75, 3.05) is 13.2 Å². The second-order valence-electron chi connectivity index (χ2n) is 6.94. The van der Waals surface area contributed by atoms with Gasteiger partial charge in [0.05, 0.1) is 13.2 Å². The van der Waals surface area contributed by atoms with Gasteiger partial charge in [-0.15, -0.1) is 0 Å². The maximum absolute atomic E-state index is 14.0. The van der Waals surface area contributed by atoms with Crippen LogP contribution in [0.15, 0.2) is 0 Å². The Morgan fingerprint density at radius 2 is 1.05 bits per heavy atom. The minimum absolute atomic E-state index is 0.490. The normalized spacial score (nSPS) is 16.4. The third kappa shape index (κ3) is 5.83. The van der Waals surface area contributed by atoms with Crippen LogP contribution in [0, 0.1) is 0 Å². The van der Waals surface area contributed by atoms with Gasteiger partial charge >= 0.3 is 53.2 Å². The largest absolute Gasteiger partial charge is 0.465 e. The molecule has 0 aromatic carbocycles. The first-order valence-electron chi connectivity index (χ1n) is 8.84. The summed E-state index contributed by atoms with van der Waals surface area (Å²) in [6.45, 7) is -1.91. The third-order valence-electron chi connectivity index (χ3n) is 4.28. The summed E-state index contributed by atoms with van der Waals surface area (Å²) >= 11 is 0. The van der Waals surface area contributed by atoms with Gasteiger partial charge in [-0.25, -0.2) is 8.42 Å². The van der Waals surface area contributed by atoms with Crippen molar-refractivity contribution in [2.45, 2.75) is 65.9 Å². The molecule has 0 saturated carbocycles. The van der Waals surface area contributed by atoms with Crippen LogP contribution in [0.1, 0.15) is 13.3 Å². The molecule has 0 aliphatic rings. The predicted octanol–water partition coefficient (Wildman–Crippen LogP) is 5.16. The molecule has 1 N–H and O–H groups in total. The van der Waals surface area contributed by atoms with E-state index in [1.165, 1.54) is 0 Å². The Morgan fingerprint density at radius 1 is 0.684 bits per heavy atom. The van der Waals surface area contributed by atoms with E-state index in [9.17, 15) is 92.2 Å². The van der Waals surface area contributed by atoms with Crippen molar-refractivity contribution in [3.05, 3.63) is 0 Å². The molecular weight excluding hydrogens is 620 g/mol. The van der Waals surface area contributed by atoms with Crippen LogP contribution in [0.25, 0.3) is 0 Å². The van der Waals surface area contributed by atoms with Crippen LogP contribution in [0.3, 0.4) is 0 Å². The Bertz CT molecular complexity index is 955. The summed E-state index contributed by atoms with van der Waals surface area (Å²) in [7, 11) is -8.21. The van der Waals surface area contributed by atoms with Crippen LogP contribution in [0.5, 0.6) is 0 Å². The fraction of sp³-hybridized carbons (Fsp3) is 0.929. The topological polar surface area (TPSA) is 72.5 Å². The van der Waals surface area contributed by atoms with Crippen molar-refractivity contribution in [3.8, 4) is 0 Å². The molecule has 0 aliphatic heterocycles. The number of ether oxygens (including phenoxy) is 1. The van der Waals surface area contributed by atoms with E-state index in [0.717, 1.165) is 6.92 Å². The number of alkyl halides is 18. The highest BCUT2D eigenvalue weighted by molar-refractivity contribution is 7.93. The zero-order chi connectivity index (χ0) is 31.2. The zero-order valence-corrected chi connectivity index (χ0v) is 18.4. The average molecular weight is 631 g/mol. The van der Waals surface area contributed by atoms with E-state index >= 15 is 0 Å². The molecule has 0 aromatic rings. The zero-order valence-electron chi connectivity index (χ0n) is 17.5. The fourth-order valence-corrected chi connectivity index (χ4v) is 3.76. The van der Waals surface area contributed by atoms with E-state index in [-0.39, 0.29) is 0 Å². The molecule has 0 heterocycles. The van der Waals surface area contributed by atoms with E-state index in [1.807, 2.05) is 0 Å². The SMILES string of the molecule is CCOC(=O)CNC(CC(F)(F)C(F)(F)C(F)(F)C(F)(F)F)S(=O)(=O)C(F)(F)C(F)(F)C(F)(F)C(F)(F)F. The Morgan fingerprint density at radius 3 is 1.39 bits per heavy atom. The molecule has 0 rings (SSSR count). The van der Waals surface area contributed by atoms with Crippen LogP contribution in [-0.4, -0.2) is 80.1 Å². The number of nitrogens with one attached hydrogen (secondary N) is 1. The number of carbonyl (C=O) groups excluding carboxylic acids is 1. The Balaban J connectivity index is 6.97. The van der Waals surface area contributed by atoms with Crippen LogP contribution >= 0.6 is 0 Å². The highest BCUT2D eigenvalue weighted by Crippen LogP contribution is 2.57. The Hall–Kier alpha value is -1.88. The van der Waals surface area contributed by atoms with Crippen molar-refractivity contribution >= 4 is 15.8 Å². The first-order chi connectivity index (χ1) is 16.3. The summed E-state index contributed by atoms with van der Waals surface area (Å²) in [4.78, 5) is 11.2. The van der Waals surface area contributed by atoms with Gasteiger partial charge in [-0.1, -0.05) is 0 Å². The number of hydrogen-bond acceptors (Lipinski definition) is 5. The molecule has 0 fully saturated rings. The number of halogens is 18. The van der Waals surface area contributed by atoms with Crippen LogP contribution in [-0.2, 0) is 19.4 Å². The van der Waals surface area contributed by atoms with E-state index in [4.69, 9.17) is 0 Å². The molecule has 5 nitrogen and oxygen atoms in total. The van der Waals surface area contributed by atoms with Crippen molar-refractivity contribution in [2.24, 2.45) is 0 Å². The lowest BCUT2D eigenvalue weighted by Gasteiger charge is -2.37. The Kier molecular flexibility index (Phi) is 9.75. The van der Waals surface area contributed by atoms with Crippen molar-refractivity contribution in [1.29, 1.82) is 0 Å². The highest BCUT2D eigenvalue weighted by Gasteiger charge is 2.86. The molecule has 0 amide bonds. The molecule has 0 saturated heterocycles. The first kappa shape index (κ1) is 36.1. The van der Waals surface area contributed by atoms with Gasteiger partial charge in [0.2, 0.25) is 9.84 Å². The van der Waals surface area contributed by atoms with E-state index in [2.05, 4.69) is 4.74 Å². The number of carbonyl (C=O) groups is 1. The lowest BCUT2D eigenvalue weighted by Crippen LogP contribution is -2.67. The smallest absolute Gasteiger partial charge is 0.460 e. The Labute approximate surface area is 198 Å². The quantitative estimate of drug-likeness (QED) is 0.238. The molecule has 38 heavy (non-hydrogen) atoms. The minimum atomic E-state index is -8.21. The number of rotatable bonds is 12. The number of esters is 1. The van der Waals surface area contributed by atoms with Crippen LogP contribution < -0.4 is 5.32 Å². The predicted molar refractivity (Wildman–Crippen MR) is 83.8 cm³/mol. The van der Waals surface area contributed by atoms with Gasteiger partial charge in [-0.05, 0) is 6.92 Å². The lowest BCUT2D eigenvalue weighted by atomic mass is 10.0. The molecular formula is C14H11F18NO4S. The van der Waals surface area contributed by atoms with Crippen molar-refractivity contribution in [3.63, 3.8) is 0 Å². The number of hydrogen-bond donors (Lipinski definition) is 1. The standard InChI is InChI=1S/C14H11F18NO4S/c1-2-37-6(34)4-33-5(3-7(15,16)8(17,18)9(19,20)12(25,26)27)38(35,36)14(31,32)11(23,24)10(21,22)13(28,29)30/h5,33H,2-4H2,1H3. The van der Waals surface area contributed by atoms with Gasteiger partial charge in [-0.2, -0.15) is 79.0 Å². The second kappa shape index (κ2) is 10.3. The van der Waals surface area contributed by atoms with Gasteiger partial charge in [-0.3, -0.25) is 10.1 Å². The summed E-state index contributed by atoms with van der Waals surface area (Å²) in [5.74, 6) is -40.9. The number of sulfone groups is 1. The fourth-order valence-electron chi connectivity index (χ4n) is 2.19. The van der Waals surface area contributed by atoms with E-state index in [1.54, 1.807) is 0 Å². The van der Waals surface area contributed by atoms with Gasteiger partial charge in [0.15, 0.2) is 0 Å². The summed E-state index contributed by atoms with van der Waals surface area (Å²) < 4.78 is 263. The average Bonchev–Trinajstić information content (AvgIpc) is 2.68. The minimum Gasteiger partial charge on any atom is -0.465 e. The van der Waals surface area contributed by atoms with Crippen molar-refractivity contribution in [1.82, 2.24) is 5.32 Å². The molecule has 0 radical (unpaired) electrons. The molecule has 0 aromatic heterocycles. The molecule has 0 bridgehead atoms. The van der Waals surface area contributed by atoms with Gasteiger partial charge in [0.1, 0.15) is 5.37 Å².